The van der Waals surface area contributed by atoms with Crippen molar-refractivity contribution in [3.05, 3.63) is 76.6 Å². The van der Waals surface area contributed by atoms with Gasteiger partial charge in [0, 0.05) is 23.4 Å². The van der Waals surface area contributed by atoms with Gasteiger partial charge in [0.15, 0.2) is 0 Å². The summed E-state index contributed by atoms with van der Waals surface area (Å²) in [5.41, 5.74) is 2.17. The predicted octanol–water partition coefficient (Wildman–Crippen LogP) is 4.72. The van der Waals surface area contributed by atoms with Gasteiger partial charge in [0.1, 0.15) is 5.69 Å². The van der Waals surface area contributed by atoms with Crippen molar-refractivity contribution in [3.63, 3.8) is 0 Å². The third-order valence-electron chi connectivity index (χ3n) is 3.96. The summed E-state index contributed by atoms with van der Waals surface area (Å²) in [6.07, 6.45) is 0.695. The molecule has 1 aromatic heterocycles. The van der Waals surface area contributed by atoms with Crippen LogP contribution in [-0.2, 0) is 20.0 Å². The van der Waals surface area contributed by atoms with Crippen molar-refractivity contribution in [2.75, 3.05) is 0 Å². The maximum atomic E-state index is 12.4. The van der Waals surface area contributed by atoms with Crippen LogP contribution in [0.25, 0.3) is 0 Å². The van der Waals surface area contributed by atoms with Crippen molar-refractivity contribution in [3.8, 4) is 0 Å². The molecule has 2 aromatic carbocycles. The number of aryl methyl sites for hydroxylation is 2. The zero-order valence-corrected chi connectivity index (χ0v) is 16.3. The van der Waals surface area contributed by atoms with Crippen LogP contribution >= 0.6 is 23.4 Å². The van der Waals surface area contributed by atoms with Crippen molar-refractivity contribution < 1.29 is 4.79 Å². The highest BCUT2D eigenvalue weighted by Crippen LogP contribution is 2.27. The zero-order valence-electron chi connectivity index (χ0n) is 14.7. The number of halogens is 1. The predicted molar refractivity (Wildman–Crippen MR) is 106 cm³/mol. The van der Waals surface area contributed by atoms with Crippen LogP contribution in [-0.4, -0.2) is 15.7 Å². The van der Waals surface area contributed by atoms with E-state index >= 15 is 0 Å². The first kappa shape index (κ1) is 18.5. The molecule has 0 aliphatic carbocycles. The molecule has 6 heteroatoms. The number of carbonyl (C=O) groups is 1. The number of amides is 1. The van der Waals surface area contributed by atoms with Gasteiger partial charge in [-0.2, -0.15) is 5.10 Å². The van der Waals surface area contributed by atoms with Gasteiger partial charge >= 0.3 is 0 Å². The van der Waals surface area contributed by atoms with Gasteiger partial charge in [0.05, 0.1) is 10.7 Å². The molecule has 3 rings (SSSR count). The Morgan fingerprint density at radius 1 is 1.12 bits per heavy atom. The SMILES string of the molecule is CCc1nn(C)c(C(=O)NCc2ccc(Sc3ccccc3)cc2)c1Cl. The van der Waals surface area contributed by atoms with Gasteiger partial charge in [-0.25, -0.2) is 0 Å². The molecule has 0 bridgehead atoms. The molecular weight excluding hydrogens is 366 g/mol. The summed E-state index contributed by atoms with van der Waals surface area (Å²) >= 11 is 7.97. The third-order valence-corrected chi connectivity index (χ3v) is 5.37. The highest BCUT2D eigenvalue weighted by molar-refractivity contribution is 7.99. The second-order valence-electron chi connectivity index (χ2n) is 5.83. The average molecular weight is 386 g/mol. The minimum absolute atomic E-state index is 0.215. The summed E-state index contributed by atoms with van der Waals surface area (Å²) in [5.74, 6) is -0.215. The minimum atomic E-state index is -0.215. The van der Waals surface area contributed by atoms with E-state index in [9.17, 15) is 4.79 Å². The fourth-order valence-corrected chi connectivity index (χ4v) is 3.81. The van der Waals surface area contributed by atoms with Crippen molar-refractivity contribution >= 4 is 29.3 Å². The number of rotatable bonds is 6. The Morgan fingerprint density at radius 3 is 2.38 bits per heavy atom. The van der Waals surface area contributed by atoms with E-state index in [1.165, 1.54) is 9.58 Å². The number of nitrogens with one attached hydrogen (secondary N) is 1. The summed E-state index contributed by atoms with van der Waals surface area (Å²) < 4.78 is 1.54. The van der Waals surface area contributed by atoms with Crippen molar-refractivity contribution in [2.24, 2.45) is 7.05 Å². The molecule has 0 radical (unpaired) electrons. The minimum Gasteiger partial charge on any atom is -0.347 e. The van der Waals surface area contributed by atoms with E-state index < -0.39 is 0 Å². The highest BCUT2D eigenvalue weighted by Gasteiger charge is 2.19. The molecule has 0 saturated heterocycles. The maximum Gasteiger partial charge on any atom is 0.271 e. The lowest BCUT2D eigenvalue weighted by atomic mass is 10.2. The normalized spacial score (nSPS) is 10.7. The molecule has 3 aromatic rings. The Bertz CT molecular complexity index is 891. The zero-order chi connectivity index (χ0) is 18.5. The van der Waals surface area contributed by atoms with Crippen LogP contribution in [0.3, 0.4) is 0 Å². The highest BCUT2D eigenvalue weighted by atomic mass is 35.5. The first-order valence-corrected chi connectivity index (χ1v) is 9.59. The number of benzene rings is 2. The molecule has 0 saturated carbocycles. The van der Waals surface area contributed by atoms with Gasteiger partial charge in [-0.15, -0.1) is 0 Å². The Hall–Kier alpha value is -2.24. The van der Waals surface area contributed by atoms with Gasteiger partial charge in [-0.1, -0.05) is 60.6 Å². The number of aromatic nitrogens is 2. The summed E-state index contributed by atoms with van der Waals surface area (Å²) in [7, 11) is 1.73. The first-order chi connectivity index (χ1) is 12.6. The van der Waals surface area contributed by atoms with E-state index in [1.807, 2.05) is 37.3 Å². The number of hydrogen-bond acceptors (Lipinski definition) is 3. The van der Waals surface area contributed by atoms with Gasteiger partial charge in [0.2, 0.25) is 0 Å². The summed E-state index contributed by atoms with van der Waals surface area (Å²) in [6, 6.07) is 18.4. The second kappa shape index (κ2) is 8.43. The number of carbonyl (C=O) groups excluding carboxylic acids is 1. The van der Waals surface area contributed by atoms with Gasteiger partial charge in [-0.3, -0.25) is 9.48 Å². The lowest BCUT2D eigenvalue weighted by Gasteiger charge is -2.07. The monoisotopic (exact) mass is 385 g/mol. The van der Waals surface area contributed by atoms with E-state index in [4.69, 9.17) is 11.6 Å². The molecule has 0 unspecified atom stereocenters. The molecule has 0 fully saturated rings. The molecule has 1 heterocycles. The van der Waals surface area contributed by atoms with E-state index in [-0.39, 0.29) is 5.91 Å². The van der Waals surface area contributed by atoms with Gasteiger partial charge in [0.25, 0.3) is 5.91 Å². The Balaban J connectivity index is 1.61. The fraction of sp³-hybridized carbons (Fsp3) is 0.200. The van der Waals surface area contributed by atoms with Crippen LogP contribution in [0, 0.1) is 0 Å². The van der Waals surface area contributed by atoms with Crippen LogP contribution < -0.4 is 5.32 Å². The van der Waals surface area contributed by atoms with E-state index in [2.05, 4.69) is 34.7 Å². The van der Waals surface area contributed by atoms with Crippen LogP contribution in [0.5, 0.6) is 0 Å². The molecule has 4 nitrogen and oxygen atoms in total. The summed E-state index contributed by atoms with van der Waals surface area (Å²) in [4.78, 5) is 14.8. The topological polar surface area (TPSA) is 46.9 Å². The lowest BCUT2D eigenvalue weighted by Crippen LogP contribution is -2.25. The number of nitrogens with zero attached hydrogens (tertiary/aromatic N) is 2. The lowest BCUT2D eigenvalue weighted by molar-refractivity contribution is 0.0941. The standard InChI is InChI=1S/C20H20ClN3OS/c1-3-17-18(21)19(24(2)23-17)20(25)22-13-14-9-11-16(12-10-14)26-15-7-5-4-6-8-15/h4-12H,3,13H2,1-2H3,(H,22,25). The molecule has 26 heavy (non-hydrogen) atoms. The Kier molecular flexibility index (Phi) is 6.01. The Morgan fingerprint density at radius 2 is 1.77 bits per heavy atom. The molecule has 0 aliphatic rings. The molecular formula is C20H20ClN3OS. The van der Waals surface area contributed by atoms with E-state index in [0.717, 1.165) is 16.2 Å². The summed E-state index contributed by atoms with van der Waals surface area (Å²) in [6.45, 7) is 2.41. The molecule has 1 N–H and O–H groups in total. The van der Waals surface area contributed by atoms with Crippen molar-refractivity contribution in [2.45, 2.75) is 29.7 Å². The third kappa shape index (κ3) is 4.29. The molecule has 134 valence electrons. The van der Waals surface area contributed by atoms with E-state index in [0.29, 0.717) is 23.7 Å². The van der Waals surface area contributed by atoms with E-state index in [1.54, 1.807) is 18.8 Å². The largest absolute Gasteiger partial charge is 0.347 e. The van der Waals surface area contributed by atoms with Gasteiger partial charge < -0.3 is 5.32 Å². The molecule has 1 amide bonds. The number of hydrogen-bond donors (Lipinski definition) is 1. The molecule has 0 atom stereocenters. The fourth-order valence-electron chi connectivity index (χ4n) is 2.59. The first-order valence-electron chi connectivity index (χ1n) is 8.40. The average Bonchev–Trinajstić information content (AvgIpc) is 2.95. The van der Waals surface area contributed by atoms with Crippen LogP contribution in [0.2, 0.25) is 5.02 Å². The van der Waals surface area contributed by atoms with Crippen LogP contribution in [0.1, 0.15) is 28.7 Å². The van der Waals surface area contributed by atoms with Crippen molar-refractivity contribution in [1.82, 2.24) is 15.1 Å². The van der Waals surface area contributed by atoms with Crippen molar-refractivity contribution in [1.29, 1.82) is 0 Å². The molecule has 0 spiro atoms. The smallest absolute Gasteiger partial charge is 0.271 e. The van der Waals surface area contributed by atoms with Gasteiger partial charge in [-0.05, 0) is 36.2 Å². The van der Waals surface area contributed by atoms with Crippen LogP contribution in [0.4, 0.5) is 0 Å². The second-order valence-corrected chi connectivity index (χ2v) is 7.35. The molecule has 0 aliphatic heterocycles. The Labute approximate surface area is 162 Å². The summed E-state index contributed by atoms with van der Waals surface area (Å²) in [5, 5.41) is 7.62. The van der Waals surface area contributed by atoms with Crippen LogP contribution in [0.15, 0.2) is 64.4 Å². The maximum absolute atomic E-state index is 12.4. The quantitative estimate of drug-likeness (QED) is 0.668.